The molecule has 7 heteroatoms. The lowest BCUT2D eigenvalue weighted by Gasteiger charge is -2.20. The van der Waals surface area contributed by atoms with E-state index in [4.69, 9.17) is 9.47 Å². The molecule has 1 aliphatic heterocycles. The highest BCUT2D eigenvalue weighted by molar-refractivity contribution is 9.10. The van der Waals surface area contributed by atoms with E-state index in [2.05, 4.69) is 33.1 Å². The van der Waals surface area contributed by atoms with Crippen LogP contribution in [0.15, 0.2) is 53.5 Å². The Balaban J connectivity index is 1.68. The van der Waals surface area contributed by atoms with Crippen molar-refractivity contribution in [2.24, 2.45) is 0 Å². The lowest BCUT2D eigenvalue weighted by atomic mass is 10.1. The van der Waals surface area contributed by atoms with Crippen molar-refractivity contribution >= 4 is 39.1 Å². The van der Waals surface area contributed by atoms with Gasteiger partial charge in [0.25, 0.3) is 0 Å². The Kier molecular flexibility index (Phi) is 5.58. The van der Waals surface area contributed by atoms with E-state index >= 15 is 0 Å². The fraction of sp³-hybridized carbons (Fsp3) is 0.158. The Morgan fingerprint density at radius 3 is 2.58 bits per heavy atom. The minimum atomic E-state index is -0.299. The molecule has 134 valence electrons. The Morgan fingerprint density at radius 2 is 1.85 bits per heavy atom. The number of rotatable bonds is 5. The van der Waals surface area contributed by atoms with Crippen LogP contribution in [0.2, 0.25) is 0 Å². The minimum Gasteiger partial charge on any atom is -0.486 e. The van der Waals surface area contributed by atoms with Crippen LogP contribution in [-0.2, 0) is 16.0 Å². The van der Waals surface area contributed by atoms with Crippen molar-refractivity contribution in [3.8, 4) is 11.5 Å². The third-order valence-corrected chi connectivity index (χ3v) is 4.31. The number of carbonyl (C=O) groups excluding carboxylic acids is 2. The lowest BCUT2D eigenvalue weighted by molar-refractivity contribution is -0.115. The number of carbonyl (C=O) groups is 2. The van der Waals surface area contributed by atoms with Gasteiger partial charge in [0.1, 0.15) is 13.2 Å². The molecule has 0 bridgehead atoms. The maximum atomic E-state index is 12.4. The molecule has 2 N–H and O–H groups in total. The summed E-state index contributed by atoms with van der Waals surface area (Å²) in [5.41, 5.74) is 1.99. The van der Waals surface area contributed by atoms with Gasteiger partial charge in [-0.3, -0.25) is 9.59 Å². The van der Waals surface area contributed by atoms with E-state index in [0.717, 1.165) is 5.56 Å². The van der Waals surface area contributed by atoms with Crippen molar-refractivity contribution in [1.29, 1.82) is 0 Å². The summed E-state index contributed by atoms with van der Waals surface area (Å²) < 4.78 is 11.8. The molecule has 0 fully saturated rings. The Hall–Kier alpha value is -2.80. The van der Waals surface area contributed by atoms with E-state index in [1.807, 2.05) is 6.07 Å². The summed E-state index contributed by atoms with van der Waals surface area (Å²) in [4.78, 5) is 23.8. The number of nitrogens with one attached hydrogen (secondary N) is 2. The quantitative estimate of drug-likeness (QED) is 0.730. The predicted molar refractivity (Wildman–Crippen MR) is 103 cm³/mol. The molecule has 2 amide bonds. The van der Waals surface area contributed by atoms with Crippen LogP contribution in [0.25, 0.3) is 0 Å². The molecule has 0 spiro atoms. The zero-order valence-electron chi connectivity index (χ0n) is 13.9. The van der Waals surface area contributed by atoms with Crippen LogP contribution >= 0.6 is 15.9 Å². The van der Waals surface area contributed by atoms with Gasteiger partial charge in [-0.15, -0.1) is 0 Å². The number of amides is 2. The second-order valence-electron chi connectivity index (χ2n) is 5.59. The molecule has 6 nitrogen and oxygen atoms in total. The summed E-state index contributed by atoms with van der Waals surface area (Å²) in [7, 11) is 0. The smallest absolute Gasteiger partial charge is 0.247 e. The van der Waals surface area contributed by atoms with Gasteiger partial charge in [0, 0.05) is 22.3 Å². The fourth-order valence-corrected chi connectivity index (χ4v) is 2.91. The monoisotopic (exact) mass is 416 g/mol. The topological polar surface area (TPSA) is 76.7 Å². The molecule has 1 heterocycles. The first-order chi connectivity index (χ1) is 12.5. The molecule has 26 heavy (non-hydrogen) atoms. The van der Waals surface area contributed by atoms with Crippen LogP contribution in [0.3, 0.4) is 0 Å². The zero-order valence-corrected chi connectivity index (χ0v) is 15.5. The van der Waals surface area contributed by atoms with E-state index in [1.165, 1.54) is 6.08 Å². The summed E-state index contributed by atoms with van der Waals surface area (Å²) in [5.74, 6) is 0.761. The van der Waals surface area contributed by atoms with Crippen LogP contribution in [0.4, 0.5) is 11.4 Å². The Morgan fingerprint density at radius 1 is 1.12 bits per heavy atom. The number of ether oxygens (including phenoxy) is 2. The summed E-state index contributed by atoms with van der Waals surface area (Å²) in [6.45, 7) is 4.39. The van der Waals surface area contributed by atoms with Gasteiger partial charge in [0.2, 0.25) is 11.8 Å². The van der Waals surface area contributed by atoms with Gasteiger partial charge in [0.15, 0.2) is 11.5 Å². The fourth-order valence-electron chi connectivity index (χ4n) is 2.49. The number of benzene rings is 2. The highest BCUT2D eigenvalue weighted by Gasteiger charge is 2.16. The average molecular weight is 417 g/mol. The van der Waals surface area contributed by atoms with Gasteiger partial charge in [-0.05, 0) is 39.7 Å². The van der Waals surface area contributed by atoms with E-state index < -0.39 is 0 Å². The summed E-state index contributed by atoms with van der Waals surface area (Å²) in [6.07, 6.45) is 1.36. The van der Waals surface area contributed by atoms with Gasteiger partial charge in [-0.2, -0.15) is 0 Å². The first kappa shape index (κ1) is 18.0. The summed E-state index contributed by atoms with van der Waals surface area (Å²) in [6, 6.07) is 10.6. The van der Waals surface area contributed by atoms with Crippen LogP contribution in [0, 0.1) is 0 Å². The van der Waals surface area contributed by atoms with Crippen molar-refractivity contribution in [2.45, 2.75) is 6.42 Å². The number of anilines is 2. The van der Waals surface area contributed by atoms with Crippen molar-refractivity contribution in [3.63, 3.8) is 0 Å². The van der Waals surface area contributed by atoms with Crippen LogP contribution < -0.4 is 20.1 Å². The van der Waals surface area contributed by atoms with Crippen LogP contribution in [-0.4, -0.2) is 25.0 Å². The number of fused-ring (bicyclic) bond motifs is 1. The normalized spacial score (nSPS) is 12.2. The third kappa shape index (κ3) is 4.43. The van der Waals surface area contributed by atoms with Gasteiger partial charge in [-0.25, -0.2) is 0 Å². The lowest BCUT2D eigenvalue weighted by Crippen LogP contribution is -2.18. The van der Waals surface area contributed by atoms with Crippen molar-refractivity contribution < 1.29 is 19.1 Å². The standard InChI is InChI=1S/C19H17BrN2O4/c1-2-18(23)21-13-5-3-4-12(8-13)9-19(24)22-15-11-17-16(10-14(15)20)25-6-7-26-17/h2-5,8,10-11H,1,6-7,9H2,(H,21,23)(H,22,24). The van der Waals surface area contributed by atoms with Gasteiger partial charge >= 0.3 is 0 Å². The molecule has 3 rings (SSSR count). The maximum absolute atomic E-state index is 12.4. The molecule has 0 unspecified atom stereocenters. The number of hydrogen-bond donors (Lipinski definition) is 2. The molecular weight excluding hydrogens is 400 g/mol. The molecule has 2 aromatic rings. The summed E-state index contributed by atoms with van der Waals surface area (Å²) in [5, 5.41) is 5.53. The molecule has 0 saturated carbocycles. The second-order valence-corrected chi connectivity index (χ2v) is 6.45. The van der Waals surface area contributed by atoms with Crippen LogP contribution in [0.1, 0.15) is 5.56 Å². The molecule has 0 aliphatic carbocycles. The molecule has 0 saturated heterocycles. The Bertz CT molecular complexity index is 867. The van der Waals surface area contributed by atoms with E-state index in [1.54, 1.807) is 30.3 Å². The van der Waals surface area contributed by atoms with E-state index in [-0.39, 0.29) is 18.2 Å². The minimum absolute atomic E-state index is 0.165. The predicted octanol–water partition coefficient (Wildman–Crippen LogP) is 3.53. The zero-order chi connectivity index (χ0) is 18.5. The van der Waals surface area contributed by atoms with Gasteiger partial charge in [-0.1, -0.05) is 18.7 Å². The first-order valence-electron chi connectivity index (χ1n) is 7.96. The highest BCUT2D eigenvalue weighted by Crippen LogP contribution is 2.38. The summed E-state index contributed by atoms with van der Waals surface area (Å²) >= 11 is 3.43. The van der Waals surface area contributed by atoms with Crippen molar-refractivity contribution in [3.05, 3.63) is 59.1 Å². The first-order valence-corrected chi connectivity index (χ1v) is 8.76. The third-order valence-electron chi connectivity index (χ3n) is 3.65. The largest absolute Gasteiger partial charge is 0.486 e. The molecule has 0 radical (unpaired) electrons. The molecule has 0 atom stereocenters. The second kappa shape index (κ2) is 8.05. The van der Waals surface area contributed by atoms with Gasteiger partial charge in [0.05, 0.1) is 12.1 Å². The number of hydrogen-bond acceptors (Lipinski definition) is 4. The van der Waals surface area contributed by atoms with Crippen LogP contribution in [0.5, 0.6) is 11.5 Å². The maximum Gasteiger partial charge on any atom is 0.247 e. The number of halogens is 1. The molecular formula is C19H17BrN2O4. The van der Waals surface area contributed by atoms with E-state index in [0.29, 0.717) is 40.6 Å². The van der Waals surface area contributed by atoms with E-state index in [9.17, 15) is 9.59 Å². The SMILES string of the molecule is C=CC(=O)Nc1cccc(CC(=O)Nc2cc3c(cc2Br)OCCO3)c1. The molecule has 0 aromatic heterocycles. The van der Waals surface area contributed by atoms with Gasteiger partial charge < -0.3 is 20.1 Å². The highest BCUT2D eigenvalue weighted by atomic mass is 79.9. The molecule has 1 aliphatic rings. The van der Waals surface area contributed by atoms with Crippen molar-refractivity contribution in [1.82, 2.24) is 0 Å². The molecule has 2 aromatic carbocycles. The van der Waals surface area contributed by atoms with Crippen molar-refractivity contribution in [2.75, 3.05) is 23.8 Å². The Labute approximate surface area is 159 Å². The average Bonchev–Trinajstić information content (AvgIpc) is 2.62.